The normalized spacial score (nSPS) is 15.0. The van der Waals surface area contributed by atoms with Gasteiger partial charge in [-0.05, 0) is 30.3 Å². The molecule has 0 aliphatic carbocycles. The second kappa shape index (κ2) is 9.63. The molecular weight excluding hydrogens is 496 g/mol. The van der Waals surface area contributed by atoms with Gasteiger partial charge in [-0.3, -0.25) is 9.59 Å². The van der Waals surface area contributed by atoms with Crippen LogP contribution in [0.2, 0.25) is 0 Å². The van der Waals surface area contributed by atoms with Crippen LogP contribution in [0.1, 0.15) is 15.9 Å². The molecule has 0 saturated carbocycles. The maximum absolute atomic E-state index is 13.4. The van der Waals surface area contributed by atoms with Crippen LogP contribution >= 0.6 is 15.9 Å². The number of methoxy groups -OCH3 is 1. The number of nitrogens with one attached hydrogen (secondary N) is 1. The lowest BCUT2D eigenvalue weighted by molar-refractivity contribution is -0.136. The van der Waals surface area contributed by atoms with Crippen LogP contribution < -0.4 is 14.8 Å². The first-order valence-corrected chi connectivity index (χ1v) is 10.9. The first kappa shape index (κ1) is 22.8. The van der Waals surface area contributed by atoms with E-state index in [-0.39, 0.29) is 48.0 Å². The molecule has 0 atom stereocenters. The number of carbonyl (C=O) groups excluding carboxylic acids is 3. The third-order valence-corrected chi connectivity index (χ3v) is 5.78. The lowest BCUT2D eigenvalue weighted by Crippen LogP contribution is -2.31. The van der Waals surface area contributed by atoms with Crippen LogP contribution in [-0.4, -0.2) is 67.7 Å². The van der Waals surface area contributed by atoms with E-state index in [1.165, 1.54) is 12.0 Å². The maximum atomic E-state index is 13.4. The van der Waals surface area contributed by atoms with Gasteiger partial charge in [-0.2, -0.15) is 0 Å². The molecule has 2 aromatic rings. The number of rotatable bonds is 7. The third kappa shape index (κ3) is 4.57. The first-order valence-electron chi connectivity index (χ1n) is 10.2. The van der Waals surface area contributed by atoms with Crippen molar-refractivity contribution in [2.75, 3.05) is 45.3 Å². The van der Waals surface area contributed by atoms with E-state index >= 15 is 0 Å². The summed E-state index contributed by atoms with van der Waals surface area (Å²) in [5.41, 5.74) is 1.04. The minimum absolute atomic E-state index is 0.0168. The number of carbonyl (C=O) groups is 3. The van der Waals surface area contributed by atoms with Gasteiger partial charge in [0.05, 0.1) is 31.5 Å². The molecule has 2 aromatic carbocycles. The molecule has 0 radical (unpaired) electrons. The van der Waals surface area contributed by atoms with Crippen LogP contribution in [-0.2, 0) is 14.3 Å². The van der Waals surface area contributed by atoms with Crippen LogP contribution in [0.15, 0.2) is 52.1 Å². The van der Waals surface area contributed by atoms with Crippen molar-refractivity contribution in [3.63, 3.8) is 0 Å². The average molecular weight is 517 g/mol. The molecule has 4 rings (SSSR count). The van der Waals surface area contributed by atoms with Crippen molar-refractivity contribution in [3.8, 4) is 11.5 Å². The fourth-order valence-corrected chi connectivity index (χ4v) is 3.88. The number of hydrogen-bond donors (Lipinski definition) is 2. The summed E-state index contributed by atoms with van der Waals surface area (Å²) in [4.78, 5) is 40.0. The lowest BCUT2D eigenvalue weighted by Gasteiger charge is -2.22. The van der Waals surface area contributed by atoms with Crippen LogP contribution in [0.4, 0.5) is 5.69 Å². The number of aliphatic hydroxyl groups excluding tert-OH is 1. The molecule has 0 bridgehead atoms. The summed E-state index contributed by atoms with van der Waals surface area (Å²) >= 11 is 3.35. The van der Waals surface area contributed by atoms with Gasteiger partial charge in [0.1, 0.15) is 18.9 Å². The lowest BCUT2D eigenvalue weighted by atomic mass is 10.00. The Hall–Kier alpha value is -3.37. The average Bonchev–Trinajstić information content (AvgIpc) is 3.13. The molecule has 0 aromatic heterocycles. The molecule has 0 unspecified atom stereocenters. The van der Waals surface area contributed by atoms with Gasteiger partial charge in [-0.25, -0.2) is 4.79 Å². The fraction of sp³-hybridized carbons (Fsp3) is 0.261. The number of anilines is 1. The quantitative estimate of drug-likeness (QED) is 0.424. The highest BCUT2D eigenvalue weighted by atomic mass is 79.9. The van der Waals surface area contributed by atoms with E-state index in [2.05, 4.69) is 21.2 Å². The Balaban J connectivity index is 1.78. The number of aliphatic hydroxyl groups is 1. The van der Waals surface area contributed by atoms with Crippen molar-refractivity contribution in [1.82, 2.24) is 4.90 Å². The summed E-state index contributed by atoms with van der Waals surface area (Å²) in [5, 5.41) is 12.2. The first-order chi connectivity index (χ1) is 15.9. The van der Waals surface area contributed by atoms with Crippen LogP contribution in [0.5, 0.6) is 11.5 Å². The molecule has 0 fully saturated rings. The second-order valence-electron chi connectivity index (χ2n) is 7.30. The molecule has 9 nitrogen and oxygen atoms in total. The van der Waals surface area contributed by atoms with E-state index in [1.807, 2.05) is 0 Å². The smallest absolute Gasteiger partial charge is 0.337 e. The molecule has 2 heterocycles. The molecule has 172 valence electrons. The number of amides is 1. The molecule has 0 saturated heterocycles. The Bertz CT molecular complexity index is 1140. The number of nitrogens with zero attached hydrogens (tertiary/aromatic N) is 1. The highest BCUT2D eigenvalue weighted by molar-refractivity contribution is 9.10. The Labute approximate surface area is 198 Å². The highest BCUT2D eigenvalue weighted by Crippen LogP contribution is 2.38. The summed E-state index contributed by atoms with van der Waals surface area (Å²) in [6, 6.07) is 9.99. The van der Waals surface area contributed by atoms with E-state index in [9.17, 15) is 19.5 Å². The maximum Gasteiger partial charge on any atom is 0.337 e. The van der Waals surface area contributed by atoms with Crippen LogP contribution in [0.3, 0.4) is 0 Å². The van der Waals surface area contributed by atoms with Gasteiger partial charge in [0.25, 0.3) is 5.91 Å². The predicted molar refractivity (Wildman–Crippen MR) is 121 cm³/mol. The minimum Gasteiger partial charge on any atom is -0.486 e. The number of esters is 1. The fourth-order valence-electron chi connectivity index (χ4n) is 3.62. The summed E-state index contributed by atoms with van der Waals surface area (Å²) in [5.74, 6) is -0.645. The third-order valence-electron chi connectivity index (χ3n) is 5.25. The molecule has 2 aliphatic rings. The van der Waals surface area contributed by atoms with Gasteiger partial charge in [0.15, 0.2) is 17.3 Å². The van der Waals surface area contributed by atoms with Crippen molar-refractivity contribution in [2.45, 2.75) is 0 Å². The summed E-state index contributed by atoms with van der Waals surface area (Å²) < 4.78 is 16.9. The van der Waals surface area contributed by atoms with Crippen molar-refractivity contribution in [1.29, 1.82) is 0 Å². The van der Waals surface area contributed by atoms with E-state index in [1.54, 1.807) is 36.4 Å². The minimum atomic E-state index is -0.676. The van der Waals surface area contributed by atoms with E-state index in [0.29, 0.717) is 30.3 Å². The molecule has 0 spiro atoms. The number of halogens is 1. The topological polar surface area (TPSA) is 114 Å². The van der Waals surface area contributed by atoms with E-state index < -0.39 is 11.9 Å². The number of fused-ring (bicyclic) bond motifs is 1. The summed E-state index contributed by atoms with van der Waals surface area (Å²) in [7, 11) is 1.22. The Morgan fingerprint density at radius 1 is 1.15 bits per heavy atom. The van der Waals surface area contributed by atoms with Crippen molar-refractivity contribution >= 4 is 39.3 Å². The van der Waals surface area contributed by atoms with E-state index in [4.69, 9.17) is 14.2 Å². The van der Waals surface area contributed by atoms with Crippen molar-refractivity contribution in [2.24, 2.45) is 0 Å². The van der Waals surface area contributed by atoms with Gasteiger partial charge >= 0.3 is 5.97 Å². The van der Waals surface area contributed by atoms with Crippen LogP contribution in [0, 0.1) is 0 Å². The number of ketones is 1. The van der Waals surface area contributed by atoms with Gasteiger partial charge in [0, 0.05) is 28.2 Å². The van der Waals surface area contributed by atoms with E-state index in [0.717, 1.165) is 4.47 Å². The Kier molecular flexibility index (Phi) is 6.66. The second-order valence-corrected chi connectivity index (χ2v) is 8.21. The van der Waals surface area contributed by atoms with Gasteiger partial charge in [-0.15, -0.1) is 0 Å². The summed E-state index contributed by atoms with van der Waals surface area (Å²) in [6.45, 7) is 0.458. The molecule has 1 amide bonds. The Morgan fingerprint density at radius 2 is 1.82 bits per heavy atom. The standard InChI is InChI=1S/C23H21BrN2O7/c1-31-23(30)16-12-26(6-7-27)22(29)20(16)25-17-11-19-18(32-8-9-33-19)10-15(17)21(28)13-2-4-14(24)5-3-13/h2-5,10-11,25,27H,6-9,12H2,1H3. The van der Waals surface area contributed by atoms with Crippen LogP contribution in [0.25, 0.3) is 0 Å². The predicted octanol–water partition coefficient (Wildman–Crippen LogP) is 2.12. The van der Waals surface area contributed by atoms with Gasteiger partial charge < -0.3 is 29.5 Å². The molecule has 2 N–H and O–H groups in total. The van der Waals surface area contributed by atoms with Crippen molar-refractivity contribution < 1.29 is 33.7 Å². The zero-order valence-electron chi connectivity index (χ0n) is 17.7. The molecule has 33 heavy (non-hydrogen) atoms. The number of benzene rings is 2. The van der Waals surface area contributed by atoms with Crippen molar-refractivity contribution in [3.05, 3.63) is 63.3 Å². The monoisotopic (exact) mass is 516 g/mol. The highest BCUT2D eigenvalue weighted by Gasteiger charge is 2.35. The number of hydrogen-bond acceptors (Lipinski definition) is 8. The van der Waals surface area contributed by atoms with Gasteiger partial charge in [0.2, 0.25) is 0 Å². The molecule has 2 aliphatic heterocycles. The molecular formula is C23H21BrN2O7. The largest absolute Gasteiger partial charge is 0.486 e. The Morgan fingerprint density at radius 3 is 2.45 bits per heavy atom. The summed E-state index contributed by atoms with van der Waals surface area (Å²) in [6.07, 6.45) is 0. The van der Waals surface area contributed by atoms with Gasteiger partial charge in [-0.1, -0.05) is 15.9 Å². The number of β-amino-alcohol motifs (C(OH)–C–C–N with tert-alkyl or cyclic N) is 1. The SMILES string of the molecule is COC(=O)C1=C(Nc2cc3c(cc2C(=O)c2ccc(Br)cc2)OCCO3)C(=O)N(CCO)C1. The molecule has 10 heteroatoms. The number of ether oxygens (including phenoxy) is 3. The zero-order valence-corrected chi connectivity index (χ0v) is 19.3. The zero-order chi connectivity index (χ0) is 23.5.